The molecule has 3 nitrogen and oxygen atoms in total. The van der Waals surface area contributed by atoms with Gasteiger partial charge in [-0.05, 0) is 61.4 Å². The van der Waals surface area contributed by atoms with Gasteiger partial charge in [-0.15, -0.1) is 0 Å². The van der Waals surface area contributed by atoms with Crippen molar-refractivity contribution < 1.29 is 4.79 Å². The molecule has 0 unspecified atom stereocenters. The molecule has 2 N–H and O–H groups in total. The maximum Gasteiger partial charge on any atom is 0.221 e. The first-order valence-electron chi connectivity index (χ1n) is 9.69. The summed E-state index contributed by atoms with van der Waals surface area (Å²) in [6, 6.07) is 2.29. The molecule has 3 heteroatoms. The molecule has 0 atom stereocenters. The zero-order chi connectivity index (χ0) is 17.5. The van der Waals surface area contributed by atoms with Gasteiger partial charge in [0.2, 0.25) is 5.91 Å². The van der Waals surface area contributed by atoms with Crippen molar-refractivity contribution in [2.24, 2.45) is 5.73 Å². The summed E-state index contributed by atoms with van der Waals surface area (Å²) in [7, 11) is 0. The van der Waals surface area contributed by atoms with Crippen molar-refractivity contribution in [2.45, 2.75) is 78.6 Å². The molecule has 0 aliphatic carbocycles. The number of primary amides is 1. The standard InChI is InChI=1S/C21H34N2O/c1-4-5-6-7-8-9-12-23-13-10-11-18-17(3)19(15-21(22)24)16(2)14-20(18)23/h14H,4-13,15H2,1-3H3,(H2,22,24). The van der Waals surface area contributed by atoms with Gasteiger partial charge in [0.05, 0.1) is 6.42 Å². The highest BCUT2D eigenvalue weighted by Gasteiger charge is 2.21. The van der Waals surface area contributed by atoms with Gasteiger partial charge in [0.1, 0.15) is 0 Å². The Hall–Kier alpha value is -1.51. The number of rotatable bonds is 9. The minimum absolute atomic E-state index is 0.235. The zero-order valence-corrected chi connectivity index (χ0v) is 15.8. The van der Waals surface area contributed by atoms with Gasteiger partial charge in [0, 0.05) is 18.8 Å². The minimum Gasteiger partial charge on any atom is -0.371 e. The van der Waals surface area contributed by atoms with Crippen LogP contribution in [0.4, 0.5) is 5.69 Å². The number of hydrogen-bond donors (Lipinski definition) is 1. The summed E-state index contributed by atoms with van der Waals surface area (Å²) in [5.74, 6) is -0.235. The van der Waals surface area contributed by atoms with E-state index in [0.29, 0.717) is 6.42 Å². The van der Waals surface area contributed by atoms with E-state index in [1.54, 1.807) is 0 Å². The molecule has 1 heterocycles. The number of hydrogen-bond acceptors (Lipinski definition) is 2. The molecule has 0 aromatic heterocycles. The van der Waals surface area contributed by atoms with Crippen LogP contribution in [0.1, 0.15) is 74.1 Å². The van der Waals surface area contributed by atoms with Crippen LogP contribution in [-0.4, -0.2) is 19.0 Å². The second-order valence-corrected chi connectivity index (χ2v) is 7.30. The highest BCUT2D eigenvalue weighted by atomic mass is 16.1. The van der Waals surface area contributed by atoms with Crippen LogP contribution < -0.4 is 10.6 Å². The maximum absolute atomic E-state index is 11.4. The molecule has 24 heavy (non-hydrogen) atoms. The molecule has 0 radical (unpaired) electrons. The second-order valence-electron chi connectivity index (χ2n) is 7.30. The summed E-state index contributed by atoms with van der Waals surface area (Å²) in [5.41, 5.74) is 11.9. The first-order valence-corrected chi connectivity index (χ1v) is 9.69. The quantitative estimate of drug-likeness (QED) is 0.680. The van der Waals surface area contributed by atoms with Crippen molar-refractivity contribution in [3.63, 3.8) is 0 Å². The summed E-state index contributed by atoms with van der Waals surface area (Å²) in [4.78, 5) is 13.9. The number of carbonyl (C=O) groups excluding carboxylic acids is 1. The molecular weight excluding hydrogens is 296 g/mol. The average molecular weight is 331 g/mol. The molecule has 1 aliphatic rings. The first kappa shape index (κ1) is 18.8. The fourth-order valence-electron chi connectivity index (χ4n) is 3.98. The normalized spacial score (nSPS) is 13.9. The van der Waals surface area contributed by atoms with Crippen molar-refractivity contribution >= 4 is 11.6 Å². The van der Waals surface area contributed by atoms with Crippen LogP contribution in [-0.2, 0) is 17.6 Å². The average Bonchev–Trinajstić information content (AvgIpc) is 2.55. The van der Waals surface area contributed by atoms with E-state index in [4.69, 9.17) is 5.73 Å². The van der Waals surface area contributed by atoms with Crippen LogP contribution >= 0.6 is 0 Å². The summed E-state index contributed by atoms with van der Waals surface area (Å²) in [6.07, 6.45) is 10.7. The third kappa shape index (κ3) is 4.75. The Morgan fingerprint density at radius 1 is 1.17 bits per heavy atom. The predicted octanol–water partition coefficient (Wildman–Crippen LogP) is 4.44. The third-order valence-electron chi connectivity index (χ3n) is 5.37. The third-order valence-corrected chi connectivity index (χ3v) is 5.37. The topological polar surface area (TPSA) is 46.3 Å². The number of nitrogens with two attached hydrogens (primary N) is 1. The van der Waals surface area contributed by atoms with Gasteiger partial charge in [0.25, 0.3) is 0 Å². The Morgan fingerprint density at radius 3 is 2.58 bits per heavy atom. The number of fused-ring (bicyclic) bond motifs is 1. The van der Waals surface area contributed by atoms with Gasteiger partial charge in [-0.1, -0.05) is 39.0 Å². The lowest BCUT2D eigenvalue weighted by Gasteiger charge is -2.34. The summed E-state index contributed by atoms with van der Waals surface area (Å²) in [6.45, 7) is 8.87. The molecule has 134 valence electrons. The molecule has 1 aliphatic heterocycles. The van der Waals surface area contributed by atoms with E-state index >= 15 is 0 Å². The Bertz CT molecular complexity index is 565. The second kappa shape index (κ2) is 9.10. The van der Waals surface area contributed by atoms with Crippen molar-refractivity contribution in [2.75, 3.05) is 18.0 Å². The Balaban J connectivity index is 2.05. The van der Waals surface area contributed by atoms with E-state index in [1.807, 2.05) is 0 Å². The molecule has 0 saturated carbocycles. The molecule has 0 spiro atoms. The fourth-order valence-corrected chi connectivity index (χ4v) is 3.98. The Kier molecular flexibility index (Phi) is 7.14. The minimum atomic E-state index is -0.235. The van der Waals surface area contributed by atoms with Gasteiger partial charge in [-0.25, -0.2) is 0 Å². The highest BCUT2D eigenvalue weighted by molar-refractivity contribution is 5.78. The van der Waals surface area contributed by atoms with Gasteiger partial charge >= 0.3 is 0 Å². The molecule has 1 amide bonds. The molecule has 2 rings (SSSR count). The van der Waals surface area contributed by atoms with E-state index in [-0.39, 0.29) is 5.91 Å². The van der Waals surface area contributed by atoms with Crippen LogP contribution in [0.25, 0.3) is 0 Å². The molecule has 0 bridgehead atoms. The number of nitrogens with zero attached hydrogens (tertiary/aromatic N) is 1. The molecule has 1 aromatic rings. The summed E-state index contributed by atoms with van der Waals surface area (Å²) >= 11 is 0. The molecule has 0 saturated heterocycles. The van der Waals surface area contributed by atoms with Crippen molar-refractivity contribution in [1.82, 2.24) is 0 Å². The summed E-state index contributed by atoms with van der Waals surface area (Å²) in [5, 5.41) is 0. The van der Waals surface area contributed by atoms with E-state index in [1.165, 1.54) is 67.3 Å². The molecule has 1 aromatic carbocycles. The number of anilines is 1. The van der Waals surface area contributed by atoms with E-state index in [2.05, 4.69) is 31.7 Å². The smallest absolute Gasteiger partial charge is 0.221 e. The highest BCUT2D eigenvalue weighted by Crippen LogP contribution is 2.34. The van der Waals surface area contributed by atoms with Crippen LogP contribution in [0.5, 0.6) is 0 Å². The summed E-state index contributed by atoms with van der Waals surface area (Å²) < 4.78 is 0. The predicted molar refractivity (Wildman–Crippen MR) is 103 cm³/mol. The van der Waals surface area contributed by atoms with Crippen LogP contribution in [0, 0.1) is 13.8 Å². The van der Waals surface area contributed by atoms with Gasteiger partial charge in [-0.3, -0.25) is 4.79 Å². The molecular formula is C21H34N2O. The number of aryl methyl sites for hydroxylation is 1. The van der Waals surface area contributed by atoms with Gasteiger partial charge in [0.15, 0.2) is 0 Å². The first-order chi connectivity index (χ1) is 11.5. The van der Waals surface area contributed by atoms with Crippen molar-refractivity contribution in [3.8, 4) is 0 Å². The maximum atomic E-state index is 11.4. The van der Waals surface area contributed by atoms with E-state index < -0.39 is 0 Å². The SMILES string of the molecule is CCCCCCCCN1CCCc2c1cc(C)c(CC(N)=O)c2C. The fraction of sp³-hybridized carbons (Fsp3) is 0.667. The van der Waals surface area contributed by atoms with Crippen LogP contribution in [0.15, 0.2) is 6.07 Å². The van der Waals surface area contributed by atoms with Crippen LogP contribution in [0.2, 0.25) is 0 Å². The number of benzene rings is 1. The Labute approximate surface area is 147 Å². The lowest BCUT2D eigenvalue weighted by molar-refractivity contribution is -0.117. The number of unbranched alkanes of at least 4 members (excludes halogenated alkanes) is 5. The molecule has 0 fully saturated rings. The Morgan fingerprint density at radius 2 is 1.88 bits per heavy atom. The van der Waals surface area contributed by atoms with Crippen molar-refractivity contribution in [3.05, 3.63) is 28.3 Å². The number of amides is 1. The monoisotopic (exact) mass is 330 g/mol. The number of carbonyl (C=O) groups is 1. The van der Waals surface area contributed by atoms with Crippen LogP contribution in [0.3, 0.4) is 0 Å². The largest absolute Gasteiger partial charge is 0.371 e. The van der Waals surface area contributed by atoms with Gasteiger partial charge < -0.3 is 10.6 Å². The van der Waals surface area contributed by atoms with E-state index in [9.17, 15) is 4.79 Å². The van der Waals surface area contributed by atoms with E-state index in [0.717, 1.165) is 25.1 Å². The lowest BCUT2D eigenvalue weighted by Crippen LogP contribution is -2.31. The van der Waals surface area contributed by atoms with Gasteiger partial charge in [-0.2, -0.15) is 0 Å². The van der Waals surface area contributed by atoms with Crippen molar-refractivity contribution in [1.29, 1.82) is 0 Å². The lowest BCUT2D eigenvalue weighted by atomic mass is 9.89. The zero-order valence-electron chi connectivity index (χ0n) is 15.8.